The normalized spacial score (nSPS) is 13.2. The molecule has 0 aromatic rings. The molecule has 0 fully saturated rings. The van der Waals surface area contributed by atoms with Crippen molar-refractivity contribution in [3.63, 3.8) is 0 Å². The van der Waals surface area contributed by atoms with Crippen LogP contribution in [0.4, 0.5) is 0 Å². The molecule has 0 rings (SSSR count). The van der Waals surface area contributed by atoms with Gasteiger partial charge in [0.15, 0.2) is 5.78 Å². The van der Waals surface area contributed by atoms with E-state index in [9.17, 15) is 9.90 Å². The van der Waals surface area contributed by atoms with Gasteiger partial charge in [0.25, 0.3) is 0 Å². The Hall–Kier alpha value is -0.370. The van der Waals surface area contributed by atoms with Crippen molar-refractivity contribution in [1.82, 2.24) is 0 Å². The minimum atomic E-state index is -1.10. The number of unbranched alkanes of at least 4 members (excludes halogenated alkanes) is 27. The third-order valence-corrected chi connectivity index (χ3v) is 8.63. The Labute approximate surface area is 240 Å². The molecule has 0 saturated carbocycles. The molecule has 228 valence electrons. The summed E-state index contributed by atoms with van der Waals surface area (Å²) < 4.78 is 0. The molecule has 0 spiro atoms. The highest BCUT2D eigenvalue weighted by molar-refractivity contribution is 5.86. The molecule has 38 heavy (non-hydrogen) atoms. The van der Waals surface area contributed by atoms with Gasteiger partial charge in [0.05, 0.1) is 0 Å². The zero-order valence-corrected chi connectivity index (χ0v) is 26.8. The maximum atomic E-state index is 12.5. The van der Waals surface area contributed by atoms with Crippen LogP contribution in [0.2, 0.25) is 0 Å². The summed E-state index contributed by atoms with van der Waals surface area (Å²) in [5.74, 6) is 0.0712. The van der Waals surface area contributed by atoms with Crippen molar-refractivity contribution in [2.24, 2.45) is 0 Å². The Morgan fingerprint density at radius 2 is 0.658 bits per heavy atom. The minimum absolute atomic E-state index is 0.0712. The number of Topliss-reactive ketones (excluding diaryl/α,β-unsaturated/α-hetero) is 1. The van der Waals surface area contributed by atoms with E-state index in [2.05, 4.69) is 13.8 Å². The molecule has 2 heteroatoms. The van der Waals surface area contributed by atoms with Gasteiger partial charge in [0.1, 0.15) is 5.60 Å². The highest BCUT2D eigenvalue weighted by atomic mass is 16.3. The number of aliphatic hydroxyl groups is 1. The third-order valence-electron chi connectivity index (χ3n) is 8.63. The van der Waals surface area contributed by atoms with E-state index in [1.807, 2.05) is 0 Å². The lowest BCUT2D eigenvalue weighted by Crippen LogP contribution is -2.34. The molecule has 0 radical (unpaired) electrons. The first-order chi connectivity index (χ1) is 18.5. The number of carbonyl (C=O) groups excluding carboxylic acids is 1. The van der Waals surface area contributed by atoms with Gasteiger partial charge in [-0.1, -0.05) is 194 Å². The van der Waals surface area contributed by atoms with Crippen molar-refractivity contribution in [1.29, 1.82) is 0 Å². The molecule has 2 nitrogen and oxygen atoms in total. The number of carbonyl (C=O) groups is 1. The highest BCUT2D eigenvalue weighted by Crippen LogP contribution is 2.21. The van der Waals surface area contributed by atoms with Crippen molar-refractivity contribution in [2.45, 2.75) is 225 Å². The molecule has 1 N–H and O–H groups in total. The maximum Gasteiger partial charge on any atom is 0.164 e. The number of hydrogen-bond acceptors (Lipinski definition) is 2. The van der Waals surface area contributed by atoms with Crippen LogP contribution in [0.25, 0.3) is 0 Å². The van der Waals surface area contributed by atoms with Crippen LogP contribution in [-0.4, -0.2) is 16.5 Å². The zero-order chi connectivity index (χ0) is 28.0. The standard InChI is InChI=1S/C36H72O2/c1-4-6-8-10-12-14-16-18-20-21-23-25-27-29-31-33-35(37)36(3,38)34-32-30-28-26-24-22-19-17-15-13-11-9-7-5-2/h38H,4-34H2,1-3H3. The van der Waals surface area contributed by atoms with Gasteiger partial charge in [-0.3, -0.25) is 4.79 Å². The molecule has 0 aliphatic rings. The second-order valence-corrected chi connectivity index (χ2v) is 12.7. The summed E-state index contributed by atoms with van der Waals surface area (Å²) in [5.41, 5.74) is -1.10. The van der Waals surface area contributed by atoms with Gasteiger partial charge >= 0.3 is 0 Å². The summed E-state index contributed by atoms with van der Waals surface area (Å²) in [6.07, 6.45) is 40.0. The largest absolute Gasteiger partial charge is 0.382 e. The Morgan fingerprint density at radius 1 is 0.421 bits per heavy atom. The van der Waals surface area contributed by atoms with Crippen LogP contribution in [-0.2, 0) is 4.79 Å². The van der Waals surface area contributed by atoms with Gasteiger partial charge in [0, 0.05) is 6.42 Å². The van der Waals surface area contributed by atoms with Crippen molar-refractivity contribution >= 4 is 5.78 Å². The Morgan fingerprint density at radius 3 is 0.947 bits per heavy atom. The number of rotatable bonds is 32. The van der Waals surface area contributed by atoms with Gasteiger partial charge in [0.2, 0.25) is 0 Å². The molecule has 1 atom stereocenters. The van der Waals surface area contributed by atoms with Crippen molar-refractivity contribution < 1.29 is 9.90 Å². The zero-order valence-electron chi connectivity index (χ0n) is 26.8. The highest BCUT2D eigenvalue weighted by Gasteiger charge is 2.28. The van der Waals surface area contributed by atoms with E-state index in [0.29, 0.717) is 12.8 Å². The molecule has 1 unspecified atom stereocenters. The first-order valence-corrected chi connectivity index (χ1v) is 17.8. The SMILES string of the molecule is CCCCCCCCCCCCCCCCCC(=O)C(C)(O)CCCCCCCCCCCCCCCC. The third kappa shape index (κ3) is 27.2. The molecule has 0 aliphatic heterocycles. The van der Waals surface area contributed by atoms with Crippen molar-refractivity contribution in [3.05, 3.63) is 0 Å². The fourth-order valence-corrected chi connectivity index (χ4v) is 5.73. The first kappa shape index (κ1) is 37.6. The van der Waals surface area contributed by atoms with Crippen LogP contribution in [0, 0.1) is 0 Å². The van der Waals surface area contributed by atoms with Crippen LogP contribution in [0.15, 0.2) is 0 Å². The number of hydrogen-bond donors (Lipinski definition) is 1. The Kier molecular flexibility index (Phi) is 29.3. The van der Waals surface area contributed by atoms with E-state index in [1.165, 1.54) is 161 Å². The summed E-state index contributed by atoms with van der Waals surface area (Å²) in [7, 11) is 0. The quantitative estimate of drug-likeness (QED) is 0.0868. The second-order valence-electron chi connectivity index (χ2n) is 12.7. The lowest BCUT2D eigenvalue weighted by molar-refractivity contribution is -0.136. The Balaban J connectivity index is 3.42. The van der Waals surface area contributed by atoms with E-state index in [4.69, 9.17) is 0 Å². The molecule has 0 aromatic heterocycles. The summed E-state index contributed by atoms with van der Waals surface area (Å²) in [5, 5.41) is 10.6. The number of ketones is 1. The molecule has 0 bridgehead atoms. The second kappa shape index (κ2) is 29.6. The molecule has 0 aromatic carbocycles. The summed E-state index contributed by atoms with van der Waals surface area (Å²) in [4.78, 5) is 12.5. The molecule has 0 saturated heterocycles. The first-order valence-electron chi connectivity index (χ1n) is 17.8. The molecular weight excluding hydrogens is 464 g/mol. The van der Waals surface area contributed by atoms with Gasteiger partial charge in [-0.05, 0) is 19.8 Å². The fraction of sp³-hybridized carbons (Fsp3) is 0.972. The molecular formula is C36H72O2. The van der Waals surface area contributed by atoms with Gasteiger partial charge in [-0.2, -0.15) is 0 Å². The van der Waals surface area contributed by atoms with E-state index in [1.54, 1.807) is 6.92 Å². The summed E-state index contributed by atoms with van der Waals surface area (Å²) >= 11 is 0. The van der Waals surface area contributed by atoms with Crippen molar-refractivity contribution in [3.8, 4) is 0 Å². The topological polar surface area (TPSA) is 37.3 Å². The van der Waals surface area contributed by atoms with E-state index >= 15 is 0 Å². The smallest absolute Gasteiger partial charge is 0.164 e. The Bertz CT molecular complexity index is 470. The predicted molar refractivity (Wildman–Crippen MR) is 170 cm³/mol. The average Bonchev–Trinajstić information content (AvgIpc) is 2.90. The van der Waals surface area contributed by atoms with E-state index in [-0.39, 0.29) is 5.78 Å². The molecule has 0 amide bonds. The van der Waals surface area contributed by atoms with Crippen LogP contribution in [0.1, 0.15) is 220 Å². The molecule has 0 aliphatic carbocycles. The fourth-order valence-electron chi connectivity index (χ4n) is 5.73. The van der Waals surface area contributed by atoms with Gasteiger partial charge < -0.3 is 5.11 Å². The predicted octanol–water partition coefficient (Wildman–Crippen LogP) is 12.4. The van der Waals surface area contributed by atoms with Crippen LogP contribution in [0.5, 0.6) is 0 Å². The van der Waals surface area contributed by atoms with Gasteiger partial charge in [-0.25, -0.2) is 0 Å². The van der Waals surface area contributed by atoms with Crippen LogP contribution < -0.4 is 0 Å². The van der Waals surface area contributed by atoms with E-state index in [0.717, 1.165) is 25.7 Å². The van der Waals surface area contributed by atoms with Gasteiger partial charge in [-0.15, -0.1) is 0 Å². The van der Waals surface area contributed by atoms with Crippen LogP contribution in [0.3, 0.4) is 0 Å². The monoisotopic (exact) mass is 537 g/mol. The summed E-state index contributed by atoms with van der Waals surface area (Å²) in [6, 6.07) is 0. The summed E-state index contributed by atoms with van der Waals surface area (Å²) in [6.45, 7) is 6.32. The van der Waals surface area contributed by atoms with Crippen molar-refractivity contribution in [2.75, 3.05) is 0 Å². The molecule has 0 heterocycles. The average molecular weight is 537 g/mol. The lowest BCUT2D eigenvalue weighted by atomic mass is 9.90. The van der Waals surface area contributed by atoms with Crippen LogP contribution >= 0.6 is 0 Å². The lowest BCUT2D eigenvalue weighted by Gasteiger charge is -2.21. The maximum absolute atomic E-state index is 12.5. The van der Waals surface area contributed by atoms with E-state index < -0.39 is 5.60 Å². The minimum Gasteiger partial charge on any atom is -0.382 e.